The number of hydrogen-bond acceptors (Lipinski definition) is 4. The number of imidazole rings is 1. The summed E-state index contributed by atoms with van der Waals surface area (Å²) in [6.07, 6.45) is 0.0755. The van der Waals surface area contributed by atoms with Crippen LogP contribution in [0.25, 0.3) is 11.0 Å². The van der Waals surface area contributed by atoms with Gasteiger partial charge in [-0.25, -0.2) is 4.79 Å². The minimum atomic E-state index is -0.430. The van der Waals surface area contributed by atoms with Gasteiger partial charge in [0.05, 0.1) is 17.5 Å². The van der Waals surface area contributed by atoms with Crippen LogP contribution in [0.2, 0.25) is 0 Å². The maximum Gasteiger partial charge on any atom is 0.329 e. The van der Waals surface area contributed by atoms with Crippen molar-refractivity contribution in [1.82, 2.24) is 9.13 Å². The summed E-state index contributed by atoms with van der Waals surface area (Å²) in [5.74, 6) is -0.0984. The van der Waals surface area contributed by atoms with Gasteiger partial charge in [-0.15, -0.1) is 0 Å². The van der Waals surface area contributed by atoms with E-state index in [0.717, 1.165) is 11.0 Å². The van der Waals surface area contributed by atoms with Crippen LogP contribution in [0.3, 0.4) is 0 Å². The molecule has 134 valence electrons. The molecule has 1 aromatic heterocycles. The number of esters is 1. The van der Waals surface area contributed by atoms with Crippen LogP contribution in [0, 0.1) is 0 Å². The maximum atomic E-state index is 12.5. The molecule has 0 saturated heterocycles. The summed E-state index contributed by atoms with van der Waals surface area (Å²) in [4.78, 5) is 35.9. The van der Waals surface area contributed by atoms with Gasteiger partial charge in [0.1, 0.15) is 5.75 Å². The molecule has 0 bridgehead atoms. The number of para-hydroxylation sites is 2. The molecule has 2 aromatic carbocycles. The van der Waals surface area contributed by atoms with Crippen molar-refractivity contribution in [3.05, 3.63) is 64.6 Å². The van der Waals surface area contributed by atoms with Gasteiger partial charge < -0.3 is 4.74 Å². The first kappa shape index (κ1) is 17.7. The van der Waals surface area contributed by atoms with Crippen molar-refractivity contribution in [1.29, 1.82) is 0 Å². The molecule has 0 unspecified atom stereocenters. The number of carbonyl (C=O) groups excluding carboxylic acids is 2. The van der Waals surface area contributed by atoms with Crippen molar-refractivity contribution in [3.63, 3.8) is 0 Å². The van der Waals surface area contributed by atoms with Crippen LogP contribution in [0.4, 0.5) is 0 Å². The second-order valence-corrected chi connectivity index (χ2v) is 5.97. The lowest BCUT2D eigenvalue weighted by Crippen LogP contribution is -2.25. The fourth-order valence-corrected chi connectivity index (χ4v) is 2.94. The highest BCUT2D eigenvalue weighted by molar-refractivity contribution is 5.94. The quantitative estimate of drug-likeness (QED) is 0.388. The number of fused-ring (bicyclic) bond motifs is 1. The number of benzene rings is 2. The molecule has 0 amide bonds. The number of rotatable bonds is 6. The van der Waals surface area contributed by atoms with Crippen molar-refractivity contribution in [2.24, 2.45) is 0 Å². The molecule has 1 heterocycles. The van der Waals surface area contributed by atoms with Crippen molar-refractivity contribution in [2.45, 2.75) is 33.4 Å². The second-order valence-electron chi connectivity index (χ2n) is 5.97. The van der Waals surface area contributed by atoms with Crippen LogP contribution >= 0.6 is 0 Å². The smallest absolute Gasteiger partial charge is 0.329 e. The Bertz CT molecular complexity index is 1010. The number of ether oxygens (including phenoxy) is 1. The Kier molecular flexibility index (Phi) is 5.02. The minimum Gasteiger partial charge on any atom is -0.426 e. The van der Waals surface area contributed by atoms with E-state index in [0.29, 0.717) is 17.9 Å². The Labute approximate surface area is 150 Å². The first-order chi connectivity index (χ1) is 12.5. The van der Waals surface area contributed by atoms with Crippen LogP contribution in [0.5, 0.6) is 5.75 Å². The molecule has 0 radical (unpaired) electrons. The van der Waals surface area contributed by atoms with Gasteiger partial charge in [0.25, 0.3) is 0 Å². The molecule has 0 saturated carbocycles. The Hall–Kier alpha value is -3.15. The van der Waals surface area contributed by atoms with E-state index in [1.54, 1.807) is 33.4 Å². The Morgan fingerprint density at radius 3 is 2.15 bits per heavy atom. The Morgan fingerprint density at radius 1 is 0.962 bits per heavy atom. The highest BCUT2D eigenvalue weighted by Crippen LogP contribution is 2.15. The zero-order chi connectivity index (χ0) is 18.7. The van der Waals surface area contributed by atoms with Crippen LogP contribution in [-0.4, -0.2) is 20.9 Å². The van der Waals surface area contributed by atoms with Crippen molar-refractivity contribution in [3.8, 4) is 5.75 Å². The molecule has 0 atom stereocenters. The monoisotopic (exact) mass is 352 g/mol. The van der Waals surface area contributed by atoms with Gasteiger partial charge in [-0.05, 0) is 50.2 Å². The van der Waals surface area contributed by atoms with Gasteiger partial charge in [-0.1, -0.05) is 12.1 Å². The fraction of sp³-hybridized carbons (Fsp3) is 0.250. The van der Waals surface area contributed by atoms with E-state index < -0.39 is 5.97 Å². The molecule has 0 aliphatic heterocycles. The summed E-state index contributed by atoms with van der Waals surface area (Å²) in [6.45, 7) is 4.21. The van der Waals surface area contributed by atoms with E-state index in [4.69, 9.17) is 4.74 Å². The summed E-state index contributed by atoms with van der Waals surface area (Å²) in [5, 5.41) is 0. The van der Waals surface area contributed by atoms with Crippen molar-refractivity contribution in [2.75, 3.05) is 0 Å². The minimum absolute atomic E-state index is 0.0467. The molecular weight excluding hydrogens is 332 g/mol. The molecule has 0 aliphatic carbocycles. The predicted octanol–water partition coefficient (Wildman–Crippen LogP) is 3.02. The van der Waals surface area contributed by atoms with Gasteiger partial charge >= 0.3 is 11.7 Å². The van der Waals surface area contributed by atoms with E-state index in [1.165, 1.54) is 6.92 Å². The number of ketones is 1. The van der Waals surface area contributed by atoms with Crippen molar-refractivity contribution < 1.29 is 14.3 Å². The zero-order valence-electron chi connectivity index (χ0n) is 14.8. The predicted molar refractivity (Wildman–Crippen MR) is 98.6 cm³/mol. The third kappa shape index (κ3) is 3.44. The highest BCUT2D eigenvalue weighted by atomic mass is 16.5. The summed E-state index contributed by atoms with van der Waals surface area (Å²) in [5.41, 5.74) is 2.09. The summed E-state index contributed by atoms with van der Waals surface area (Å²) in [7, 11) is 0. The molecule has 0 spiro atoms. The Balaban J connectivity index is 1.72. The van der Waals surface area contributed by atoms with E-state index in [2.05, 4.69) is 0 Å². The fourth-order valence-electron chi connectivity index (χ4n) is 2.94. The average molecular weight is 352 g/mol. The molecular formula is C20H20N2O4. The highest BCUT2D eigenvalue weighted by Gasteiger charge is 2.13. The van der Waals surface area contributed by atoms with Gasteiger partial charge in [-0.2, -0.15) is 0 Å². The Morgan fingerprint density at radius 2 is 1.58 bits per heavy atom. The molecule has 26 heavy (non-hydrogen) atoms. The molecule has 6 heteroatoms. The lowest BCUT2D eigenvalue weighted by atomic mass is 10.1. The SMILES string of the molecule is CCn1c(=O)n(CCC(=O)Oc2ccc(C(C)=O)cc2)c2ccccc21. The number of hydrogen-bond donors (Lipinski definition) is 0. The first-order valence-electron chi connectivity index (χ1n) is 8.51. The molecule has 3 aromatic rings. The average Bonchev–Trinajstić information content (AvgIpc) is 2.91. The lowest BCUT2D eigenvalue weighted by Gasteiger charge is -2.06. The van der Waals surface area contributed by atoms with E-state index >= 15 is 0 Å². The van der Waals surface area contributed by atoms with Crippen LogP contribution in [-0.2, 0) is 17.9 Å². The zero-order valence-corrected chi connectivity index (χ0v) is 14.8. The normalized spacial score (nSPS) is 10.8. The molecule has 0 aliphatic rings. The van der Waals surface area contributed by atoms with Crippen LogP contribution in [0.15, 0.2) is 53.3 Å². The molecule has 3 rings (SSSR count). The lowest BCUT2D eigenvalue weighted by molar-refractivity contribution is -0.134. The van der Waals surface area contributed by atoms with Gasteiger partial charge in [0, 0.05) is 18.7 Å². The first-order valence-corrected chi connectivity index (χ1v) is 8.51. The van der Waals surface area contributed by atoms with Crippen LogP contribution in [0.1, 0.15) is 30.6 Å². The van der Waals surface area contributed by atoms with Gasteiger partial charge in [-0.3, -0.25) is 18.7 Å². The third-order valence-electron chi connectivity index (χ3n) is 4.27. The summed E-state index contributed by atoms with van der Waals surface area (Å²) < 4.78 is 8.56. The number of Topliss-reactive ketones (excluding diaryl/α,β-unsaturated/α-hetero) is 1. The summed E-state index contributed by atoms with van der Waals surface area (Å²) >= 11 is 0. The summed E-state index contributed by atoms with van der Waals surface area (Å²) in [6, 6.07) is 13.9. The van der Waals surface area contributed by atoms with E-state index in [-0.39, 0.29) is 24.4 Å². The van der Waals surface area contributed by atoms with Gasteiger partial charge in [0.15, 0.2) is 5.78 Å². The third-order valence-corrected chi connectivity index (χ3v) is 4.27. The molecule has 0 fully saturated rings. The van der Waals surface area contributed by atoms with Crippen LogP contribution < -0.4 is 10.4 Å². The van der Waals surface area contributed by atoms with Crippen molar-refractivity contribution >= 4 is 22.8 Å². The molecule has 0 N–H and O–H groups in total. The van der Waals surface area contributed by atoms with E-state index in [9.17, 15) is 14.4 Å². The van der Waals surface area contributed by atoms with Gasteiger partial charge in [0.2, 0.25) is 0 Å². The number of carbonyl (C=O) groups is 2. The number of nitrogens with zero attached hydrogens (tertiary/aromatic N) is 2. The maximum absolute atomic E-state index is 12.5. The topological polar surface area (TPSA) is 70.3 Å². The second kappa shape index (κ2) is 7.39. The standard InChI is InChI=1S/C20H20N2O4/c1-3-21-17-6-4-5-7-18(17)22(20(21)25)13-12-19(24)26-16-10-8-15(9-11-16)14(2)23/h4-11H,3,12-13H2,1-2H3. The molecule has 6 nitrogen and oxygen atoms in total. The number of aromatic nitrogens is 2. The largest absolute Gasteiger partial charge is 0.426 e. The number of aryl methyl sites for hydroxylation is 2. The van der Waals surface area contributed by atoms with E-state index in [1.807, 2.05) is 31.2 Å².